The molecule has 1 amide bonds. The maximum absolute atomic E-state index is 13.1. The first-order chi connectivity index (χ1) is 16.1. The molecule has 3 N–H and O–H groups in total. The first-order valence-corrected chi connectivity index (χ1v) is 12.4. The Kier molecular flexibility index (Phi) is 6.43. The van der Waals surface area contributed by atoms with Crippen LogP contribution >= 0.6 is 0 Å². The Hall–Kier alpha value is -3.66. The van der Waals surface area contributed by atoms with Crippen molar-refractivity contribution in [3.05, 3.63) is 59.7 Å². The number of ether oxygens (including phenoxy) is 1. The van der Waals surface area contributed by atoms with Gasteiger partial charge in [-0.3, -0.25) is 4.79 Å². The number of amides is 1. The third-order valence-corrected chi connectivity index (χ3v) is 6.69. The largest absolute Gasteiger partial charge is 0.507 e. The number of hydrogen-bond donors (Lipinski definition) is 3. The Labute approximate surface area is 198 Å². The zero-order valence-electron chi connectivity index (χ0n) is 19.1. The smallest absolute Gasteiger partial charge is 0.264 e. The maximum atomic E-state index is 13.1. The van der Waals surface area contributed by atoms with Gasteiger partial charge in [0.25, 0.3) is 15.9 Å². The second-order valence-corrected chi connectivity index (χ2v) is 10.3. The summed E-state index contributed by atoms with van der Waals surface area (Å²) in [5, 5.41) is 13.4. The summed E-state index contributed by atoms with van der Waals surface area (Å²) in [6.07, 6.45) is 0.644. The van der Waals surface area contributed by atoms with Crippen LogP contribution in [-0.4, -0.2) is 42.0 Å². The zero-order valence-corrected chi connectivity index (χ0v) is 19.9. The molecule has 1 aliphatic rings. The average Bonchev–Trinajstić information content (AvgIpc) is 2.76. The van der Waals surface area contributed by atoms with Gasteiger partial charge in [-0.2, -0.15) is 4.98 Å². The molecule has 1 atom stereocenters. The summed E-state index contributed by atoms with van der Waals surface area (Å²) in [7, 11) is -4.11. The van der Waals surface area contributed by atoms with Crippen LogP contribution in [0, 0.1) is 12.8 Å². The summed E-state index contributed by atoms with van der Waals surface area (Å²) >= 11 is 0. The van der Waals surface area contributed by atoms with Crippen molar-refractivity contribution in [3.8, 4) is 22.9 Å². The second-order valence-electron chi connectivity index (χ2n) is 8.63. The van der Waals surface area contributed by atoms with Crippen molar-refractivity contribution in [1.29, 1.82) is 0 Å². The van der Waals surface area contributed by atoms with Crippen molar-refractivity contribution in [1.82, 2.24) is 15.3 Å². The monoisotopic (exact) mass is 482 g/mol. The third kappa shape index (κ3) is 5.12. The van der Waals surface area contributed by atoms with E-state index in [1.165, 1.54) is 30.3 Å². The molecular formula is C24H26N4O5S. The van der Waals surface area contributed by atoms with Crippen molar-refractivity contribution >= 4 is 21.9 Å². The number of benzene rings is 2. The number of phenols is 1. The van der Waals surface area contributed by atoms with Crippen LogP contribution in [0.4, 0.5) is 5.95 Å². The highest BCUT2D eigenvalue weighted by Crippen LogP contribution is 2.33. The molecule has 0 saturated carbocycles. The zero-order chi connectivity index (χ0) is 24.5. The summed E-state index contributed by atoms with van der Waals surface area (Å²) < 4.78 is 34.4. The van der Waals surface area contributed by atoms with Crippen LogP contribution in [0.5, 0.6) is 11.6 Å². The number of aromatic nitrogens is 2. The lowest BCUT2D eigenvalue weighted by atomic mass is 10.0. The number of sulfonamides is 1. The molecule has 0 radical (unpaired) electrons. The highest BCUT2D eigenvalue weighted by Gasteiger charge is 2.23. The van der Waals surface area contributed by atoms with Gasteiger partial charge in [-0.15, -0.1) is 0 Å². The van der Waals surface area contributed by atoms with E-state index in [2.05, 4.69) is 20.0 Å². The first-order valence-electron chi connectivity index (χ1n) is 10.9. The Morgan fingerprint density at radius 2 is 1.91 bits per heavy atom. The van der Waals surface area contributed by atoms with E-state index in [1.54, 1.807) is 12.1 Å². The number of nitrogens with zero attached hydrogens (tertiary/aromatic N) is 2. The number of rotatable bonds is 3. The Bertz CT molecular complexity index is 1320. The van der Waals surface area contributed by atoms with Gasteiger partial charge in [0.1, 0.15) is 12.4 Å². The SMILES string of the molecule is Cc1cccc(O)c1-c1cc2nc(n1)NS(=O)(=O)c1cccc(c1)C(=O)N[C@H](CC(C)C)CO2. The summed E-state index contributed by atoms with van der Waals surface area (Å²) in [6, 6.07) is 12.0. The van der Waals surface area contributed by atoms with Crippen molar-refractivity contribution < 1.29 is 23.1 Å². The van der Waals surface area contributed by atoms with Gasteiger partial charge in [0, 0.05) is 17.2 Å². The molecule has 2 aromatic carbocycles. The molecule has 1 aromatic heterocycles. The molecule has 0 saturated heterocycles. The lowest BCUT2D eigenvalue weighted by Crippen LogP contribution is -2.40. The molecule has 9 nitrogen and oxygen atoms in total. The van der Waals surface area contributed by atoms with E-state index in [0.29, 0.717) is 17.7 Å². The van der Waals surface area contributed by atoms with E-state index in [1.807, 2.05) is 26.8 Å². The summed E-state index contributed by atoms with van der Waals surface area (Å²) in [5.41, 5.74) is 1.70. The van der Waals surface area contributed by atoms with E-state index in [0.717, 1.165) is 5.56 Å². The summed E-state index contributed by atoms with van der Waals surface area (Å²) in [6.45, 7) is 5.99. The quantitative estimate of drug-likeness (QED) is 0.521. The normalized spacial score (nSPS) is 17.4. The van der Waals surface area contributed by atoms with Crippen molar-refractivity contribution in [3.63, 3.8) is 0 Å². The van der Waals surface area contributed by atoms with Crippen LogP contribution in [0.3, 0.4) is 0 Å². The lowest BCUT2D eigenvalue weighted by molar-refractivity contribution is 0.0913. The van der Waals surface area contributed by atoms with Crippen LogP contribution < -0.4 is 14.8 Å². The molecule has 4 bridgehead atoms. The van der Waals surface area contributed by atoms with Gasteiger partial charge >= 0.3 is 0 Å². The highest BCUT2D eigenvalue weighted by atomic mass is 32.2. The maximum Gasteiger partial charge on any atom is 0.264 e. The Balaban J connectivity index is 1.85. The molecule has 34 heavy (non-hydrogen) atoms. The molecule has 0 unspecified atom stereocenters. The predicted molar refractivity (Wildman–Crippen MR) is 127 cm³/mol. The molecule has 2 heterocycles. The number of phenolic OH excluding ortho intramolecular Hbond substituents is 1. The minimum absolute atomic E-state index is 0.00553. The molecule has 10 heteroatoms. The van der Waals surface area contributed by atoms with Crippen LogP contribution in [0.2, 0.25) is 0 Å². The topological polar surface area (TPSA) is 131 Å². The minimum Gasteiger partial charge on any atom is -0.507 e. The first kappa shape index (κ1) is 23.5. The predicted octanol–water partition coefficient (Wildman–Crippen LogP) is 3.50. The third-order valence-electron chi connectivity index (χ3n) is 5.37. The Morgan fingerprint density at radius 3 is 2.65 bits per heavy atom. The van der Waals surface area contributed by atoms with Gasteiger partial charge in [0.05, 0.1) is 16.6 Å². The van der Waals surface area contributed by atoms with Crippen LogP contribution in [0.1, 0.15) is 36.2 Å². The van der Waals surface area contributed by atoms with Gasteiger partial charge in [0.15, 0.2) is 0 Å². The van der Waals surface area contributed by atoms with E-state index < -0.39 is 15.9 Å². The number of aryl methyl sites for hydroxylation is 1. The van der Waals surface area contributed by atoms with Crippen molar-refractivity contribution in [2.45, 2.75) is 38.1 Å². The molecule has 4 rings (SSSR count). The average molecular weight is 483 g/mol. The Morgan fingerprint density at radius 1 is 1.15 bits per heavy atom. The van der Waals surface area contributed by atoms with Gasteiger partial charge < -0.3 is 15.2 Å². The fourth-order valence-corrected chi connectivity index (χ4v) is 4.82. The van der Waals surface area contributed by atoms with E-state index in [9.17, 15) is 18.3 Å². The molecule has 178 valence electrons. The van der Waals surface area contributed by atoms with Gasteiger partial charge in [-0.1, -0.05) is 32.0 Å². The standard InChI is InChI=1S/C24H26N4O5S/c1-14(2)10-17-13-33-21-12-19(22-15(3)6-4-9-20(22)29)26-24(27-21)28-34(31,32)18-8-5-7-16(11-18)23(30)25-17/h4-9,11-12,14,17,29H,10,13H2,1-3H3,(H,25,30)(H,26,27,28)/t17-/m1/s1. The van der Waals surface area contributed by atoms with E-state index in [-0.39, 0.29) is 46.6 Å². The lowest BCUT2D eigenvalue weighted by Gasteiger charge is -2.21. The second kappa shape index (κ2) is 9.30. The number of anilines is 1. The molecular weight excluding hydrogens is 456 g/mol. The van der Waals surface area contributed by atoms with Crippen LogP contribution in [0.15, 0.2) is 53.4 Å². The van der Waals surface area contributed by atoms with E-state index >= 15 is 0 Å². The van der Waals surface area contributed by atoms with Gasteiger partial charge in [0.2, 0.25) is 11.8 Å². The molecule has 0 aliphatic carbocycles. The number of fused-ring (bicyclic) bond motifs is 4. The van der Waals surface area contributed by atoms with E-state index in [4.69, 9.17) is 4.74 Å². The van der Waals surface area contributed by atoms with Crippen molar-refractivity contribution in [2.75, 3.05) is 11.3 Å². The van der Waals surface area contributed by atoms with Gasteiger partial charge in [-0.05, 0) is 49.1 Å². The fourth-order valence-electron chi connectivity index (χ4n) is 3.83. The number of carbonyl (C=O) groups is 1. The minimum atomic E-state index is -4.11. The number of carbonyl (C=O) groups excluding carboxylic acids is 1. The number of aromatic hydroxyl groups is 1. The van der Waals surface area contributed by atoms with Crippen LogP contribution in [-0.2, 0) is 10.0 Å². The molecule has 0 fully saturated rings. The number of nitrogens with one attached hydrogen (secondary N) is 2. The summed E-state index contributed by atoms with van der Waals surface area (Å²) in [4.78, 5) is 21.3. The molecule has 3 aromatic rings. The van der Waals surface area contributed by atoms with Gasteiger partial charge in [-0.25, -0.2) is 18.1 Å². The molecule has 1 aliphatic heterocycles. The summed E-state index contributed by atoms with van der Waals surface area (Å²) in [5.74, 6) is -0.222. The fraction of sp³-hybridized carbons (Fsp3) is 0.292. The highest BCUT2D eigenvalue weighted by molar-refractivity contribution is 7.92. The number of hydrogen-bond acceptors (Lipinski definition) is 7. The molecule has 0 spiro atoms. The van der Waals surface area contributed by atoms with Crippen molar-refractivity contribution in [2.24, 2.45) is 5.92 Å². The van der Waals surface area contributed by atoms with Crippen LogP contribution in [0.25, 0.3) is 11.3 Å².